The van der Waals surface area contributed by atoms with Crippen LogP contribution in [-0.4, -0.2) is 29.4 Å². The van der Waals surface area contributed by atoms with E-state index in [4.69, 9.17) is 12.2 Å². The monoisotopic (exact) mass is 314 g/mol. The molecule has 0 spiro atoms. The molecule has 1 aliphatic heterocycles. The molecule has 0 saturated carbocycles. The van der Waals surface area contributed by atoms with Gasteiger partial charge in [-0.25, -0.2) is 0 Å². The molecule has 0 amide bonds. The Morgan fingerprint density at radius 3 is 2.45 bits per heavy atom. The van der Waals surface area contributed by atoms with Crippen LogP contribution in [0, 0.1) is 5.41 Å². The van der Waals surface area contributed by atoms with E-state index in [1.54, 1.807) is 0 Å². The van der Waals surface area contributed by atoms with Crippen molar-refractivity contribution in [1.29, 1.82) is 0 Å². The van der Waals surface area contributed by atoms with Gasteiger partial charge in [-0.05, 0) is 61.9 Å². The van der Waals surface area contributed by atoms with Crippen molar-refractivity contribution in [2.24, 2.45) is 5.41 Å². The predicted octanol–water partition coefficient (Wildman–Crippen LogP) is 4.64. The first kappa shape index (κ1) is 15.7. The van der Waals surface area contributed by atoms with E-state index >= 15 is 0 Å². The highest BCUT2D eigenvalue weighted by Gasteiger charge is 2.31. The van der Waals surface area contributed by atoms with Gasteiger partial charge in [0.15, 0.2) is 0 Å². The molecule has 1 fully saturated rings. The zero-order chi connectivity index (χ0) is 15.6. The summed E-state index contributed by atoms with van der Waals surface area (Å²) < 4.78 is 0. The van der Waals surface area contributed by atoms with Crippen molar-refractivity contribution in [3.63, 3.8) is 0 Å². The first-order valence-electron chi connectivity index (χ1n) is 8.33. The number of rotatable bonds is 4. The van der Waals surface area contributed by atoms with E-state index in [0.29, 0.717) is 0 Å². The Morgan fingerprint density at radius 2 is 1.77 bits per heavy atom. The highest BCUT2D eigenvalue weighted by atomic mass is 32.1. The minimum absolute atomic E-state index is 0.253. The summed E-state index contributed by atoms with van der Waals surface area (Å²) in [5.41, 5.74) is 4.12. The second-order valence-electron chi connectivity index (χ2n) is 7.37. The van der Waals surface area contributed by atoms with E-state index in [1.165, 1.54) is 37.2 Å². The van der Waals surface area contributed by atoms with Crippen LogP contribution >= 0.6 is 12.2 Å². The van der Waals surface area contributed by atoms with E-state index in [0.717, 1.165) is 29.9 Å². The van der Waals surface area contributed by atoms with Crippen LogP contribution in [0.5, 0.6) is 0 Å². The van der Waals surface area contributed by atoms with Crippen molar-refractivity contribution in [2.45, 2.75) is 39.5 Å². The van der Waals surface area contributed by atoms with Crippen LogP contribution in [-0.2, 0) is 0 Å². The fourth-order valence-electron chi connectivity index (χ4n) is 3.52. The molecule has 0 unspecified atom stereocenters. The molecule has 1 aliphatic carbocycles. The minimum Gasteiger partial charge on any atom is -0.359 e. The van der Waals surface area contributed by atoms with Crippen LogP contribution in [0.25, 0.3) is 0 Å². The van der Waals surface area contributed by atoms with Gasteiger partial charge in [0.05, 0.1) is 0 Å². The Balaban J connectivity index is 1.87. The molecular weight excluding hydrogens is 288 g/mol. The Hall–Kier alpha value is -1.19. The average molecular weight is 314 g/mol. The number of allylic oxidation sites excluding steroid dienone is 1. The molecule has 22 heavy (non-hydrogen) atoms. The lowest BCUT2D eigenvalue weighted by molar-refractivity contribution is 0.349. The van der Waals surface area contributed by atoms with Crippen molar-refractivity contribution in [1.82, 2.24) is 4.90 Å². The van der Waals surface area contributed by atoms with Crippen LogP contribution in [0.3, 0.4) is 0 Å². The van der Waals surface area contributed by atoms with Gasteiger partial charge >= 0.3 is 0 Å². The summed E-state index contributed by atoms with van der Waals surface area (Å²) in [6.45, 7) is 8.09. The van der Waals surface area contributed by atoms with Gasteiger partial charge in [-0.3, -0.25) is 4.90 Å². The van der Waals surface area contributed by atoms with Crippen LogP contribution in [0.1, 0.15) is 39.5 Å². The SMILES string of the molecule is CC1(C)CC(=S)C(CN2CCCC2)=C(Nc2ccccc2)C1. The number of likely N-dealkylation sites (tertiary alicyclic amines) is 1. The third kappa shape index (κ3) is 3.76. The van der Waals surface area contributed by atoms with Gasteiger partial charge < -0.3 is 5.32 Å². The maximum absolute atomic E-state index is 5.78. The molecule has 0 radical (unpaired) electrons. The first-order valence-corrected chi connectivity index (χ1v) is 8.74. The standard InChI is InChI=1S/C19H26N2S/c1-19(2)12-17(20-15-8-4-3-5-9-15)16(18(22)13-19)14-21-10-6-7-11-21/h3-5,8-9,20H,6-7,10-14H2,1-2H3. The van der Waals surface area contributed by atoms with Crippen molar-refractivity contribution in [3.05, 3.63) is 41.6 Å². The van der Waals surface area contributed by atoms with E-state index < -0.39 is 0 Å². The number of hydrogen-bond acceptors (Lipinski definition) is 3. The molecule has 1 saturated heterocycles. The summed E-state index contributed by atoms with van der Waals surface area (Å²) in [5, 5.41) is 3.66. The van der Waals surface area contributed by atoms with Gasteiger partial charge in [0.1, 0.15) is 0 Å². The third-order valence-electron chi connectivity index (χ3n) is 4.64. The molecular formula is C19H26N2S. The fourth-order valence-corrected chi connectivity index (χ4v) is 4.10. The summed E-state index contributed by atoms with van der Waals surface area (Å²) in [6, 6.07) is 10.5. The molecule has 0 aromatic heterocycles. The second-order valence-corrected chi connectivity index (χ2v) is 7.87. The van der Waals surface area contributed by atoms with Gasteiger partial charge in [-0.1, -0.05) is 44.3 Å². The maximum atomic E-state index is 5.78. The normalized spacial score (nSPS) is 22.2. The number of nitrogens with one attached hydrogen (secondary N) is 1. The summed E-state index contributed by atoms with van der Waals surface area (Å²) in [7, 11) is 0. The number of nitrogens with zero attached hydrogens (tertiary/aromatic N) is 1. The number of anilines is 1. The molecule has 3 heteroatoms. The lowest BCUT2D eigenvalue weighted by atomic mass is 9.76. The van der Waals surface area contributed by atoms with Gasteiger partial charge in [-0.15, -0.1) is 0 Å². The number of para-hydroxylation sites is 1. The lowest BCUT2D eigenvalue weighted by Gasteiger charge is -2.35. The van der Waals surface area contributed by atoms with Gasteiger partial charge in [0, 0.05) is 22.8 Å². The Morgan fingerprint density at radius 1 is 1.09 bits per heavy atom. The van der Waals surface area contributed by atoms with Crippen LogP contribution in [0.4, 0.5) is 5.69 Å². The summed E-state index contributed by atoms with van der Waals surface area (Å²) in [5.74, 6) is 0. The molecule has 2 nitrogen and oxygen atoms in total. The Bertz CT molecular complexity index is 568. The smallest absolute Gasteiger partial charge is 0.0381 e. The maximum Gasteiger partial charge on any atom is 0.0381 e. The molecule has 0 bridgehead atoms. The first-order chi connectivity index (χ1) is 10.5. The number of benzene rings is 1. The van der Waals surface area contributed by atoms with Crippen molar-refractivity contribution < 1.29 is 0 Å². The number of hydrogen-bond donors (Lipinski definition) is 1. The fraction of sp³-hybridized carbons (Fsp3) is 0.526. The minimum atomic E-state index is 0.253. The summed E-state index contributed by atoms with van der Waals surface area (Å²) >= 11 is 5.78. The van der Waals surface area contributed by atoms with E-state index in [9.17, 15) is 0 Å². The molecule has 3 rings (SSSR count). The topological polar surface area (TPSA) is 15.3 Å². The largest absolute Gasteiger partial charge is 0.359 e. The molecule has 2 aliphatic rings. The van der Waals surface area contributed by atoms with Crippen molar-refractivity contribution >= 4 is 22.8 Å². The second kappa shape index (κ2) is 6.51. The summed E-state index contributed by atoms with van der Waals surface area (Å²) in [6.07, 6.45) is 4.76. The highest BCUT2D eigenvalue weighted by molar-refractivity contribution is 7.80. The summed E-state index contributed by atoms with van der Waals surface area (Å²) in [4.78, 5) is 3.70. The lowest BCUT2D eigenvalue weighted by Crippen LogP contribution is -2.33. The van der Waals surface area contributed by atoms with Gasteiger partial charge in [0.25, 0.3) is 0 Å². The molecule has 1 heterocycles. The highest BCUT2D eigenvalue weighted by Crippen LogP contribution is 2.38. The quantitative estimate of drug-likeness (QED) is 0.815. The molecule has 118 valence electrons. The zero-order valence-electron chi connectivity index (χ0n) is 13.7. The van der Waals surface area contributed by atoms with Gasteiger partial charge in [-0.2, -0.15) is 0 Å². The zero-order valence-corrected chi connectivity index (χ0v) is 14.5. The van der Waals surface area contributed by atoms with Crippen molar-refractivity contribution in [3.8, 4) is 0 Å². The van der Waals surface area contributed by atoms with Crippen LogP contribution < -0.4 is 5.32 Å². The Kier molecular flexibility index (Phi) is 4.65. The Labute approximate surface area is 139 Å². The predicted molar refractivity (Wildman–Crippen MR) is 98.4 cm³/mol. The molecule has 1 N–H and O–H groups in total. The molecule has 1 aromatic rings. The molecule has 1 aromatic carbocycles. The van der Waals surface area contributed by atoms with E-state index in [1.807, 2.05) is 0 Å². The molecule has 0 atom stereocenters. The number of thiocarbonyl (C=S) groups is 1. The third-order valence-corrected chi connectivity index (χ3v) is 5.04. The van der Waals surface area contributed by atoms with E-state index in [2.05, 4.69) is 54.4 Å². The van der Waals surface area contributed by atoms with Crippen LogP contribution in [0.2, 0.25) is 0 Å². The van der Waals surface area contributed by atoms with Crippen molar-refractivity contribution in [2.75, 3.05) is 25.0 Å². The average Bonchev–Trinajstić information content (AvgIpc) is 2.96. The van der Waals surface area contributed by atoms with E-state index in [-0.39, 0.29) is 5.41 Å². The van der Waals surface area contributed by atoms with Gasteiger partial charge in [0.2, 0.25) is 0 Å². The van der Waals surface area contributed by atoms with Crippen LogP contribution in [0.15, 0.2) is 41.6 Å².